The summed E-state index contributed by atoms with van der Waals surface area (Å²) in [4.78, 5) is 20.0. The highest BCUT2D eigenvalue weighted by atomic mass is 19.4. The zero-order valence-electron chi connectivity index (χ0n) is 15.7. The van der Waals surface area contributed by atoms with Crippen molar-refractivity contribution < 1.29 is 32.2 Å². The molecule has 2 aliphatic heterocycles. The number of halogens is 3. The van der Waals surface area contributed by atoms with E-state index in [1.54, 1.807) is 0 Å². The molecule has 0 bridgehead atoms. The lowest BCUT2D eigenvalue weighted by Gasteiger charge is -2.39. The lowest BCUT2D eigenvalue weighted by molar-refractivity contribution is -0.141. The number of likely N-dealkylation sites (tertiary alicyclic amines) is 1. The van der Waals surface area contributed by atoms with Gasteiger partial charge in [0.2, 0.25) is 0 Å². The third-order valence-corrected chi connectivity index (χ3v) is 4.98. The topological polar surface area (TPSA) is 88.7 Å². The van der Waals surface area contributed by atoms with Gasteiger partial charge in [-0.25, -0.2) is 9.78 Å². The third kappa shape index (κ3) is 5.36. The van der Waals surface area contributed by atoms with Gasteiger partial charge in [0.1, 0.15) is 18.1 Å². The van der Waals surface area contributed by atoms with E-state index in [1.807, 2.05) is 4.90 Å². The Labute approximate surface area is 160 Å². The number of aromatic nitrogens is 2. The largest absolute Gasteiger partial charge is 0.447 e. The van der Waals surface area contributed by atoms with Crippen LogP contribution in [0.15, 0.2) is 6.20 Å². The first-order valence-electron chi connectivity index (χ1n) is 9.19. The monoisotopic (exact) mass is 406 g/mol. The lowest BCUT2D eigenvalue weighted by atomic mass is 9.88. The summed E-state index contributed by atoms with van der Waals surface area (Å²) in [5.74, 6) is 0.277. The van der Waals surface area contributed by atoms with Crippen LogP contribution < -0.4 is 5.32 Å². The zero-order valence-corrected chi connectivity index (χ0v) is 15.7. The number of aromatic amines is 1. The molecule has 2 atom stereocenters. The van der Waals surface area contributed by atoms with E-state index in [4.69, 9.17) is 14.2 Å². The minimum Gasteiger partial charge on any atom is -0.447 e. The summed E-state index contributed by atoms with van der Waals surface area (Å²) >= 11 is 0. The third-order valence-electron chi connectivity index (χ3n) is 4.98. The number of nitrogens with zero attached hydrogens (tertiary/aromatic N) is 2. The minimum absolute atomic E-state index is 0.157. The Hall–Kier alpha value is -1.85. The molecule has 1 amide bonds. The van der Waals surface area contributed by atoms with Gasteiger partial charge in [0.05, 0.1) is 37.6 Å². The Balaban J connectivity index is 1.50. The molecule has 1 spiro atoms. The Morgan fingerprint density at radius 1 is 1.50 bits per heavy atom. The number of nitrogens with one attached hydrogen (secondary N) is 2. The Kier molecular flexibility index (Phi) is 6.46. The SMILES string of the molecule is COCCOC(=O)NC1COC2(CCCN(Cc3ncc(C(F)(F)F)[nH]3)C2)C1. The first-order chi connectivity index (χ1) is 13.3. The normalized spacial score (nSPS) is 25.9. The van der Waals surface area contributed by atoms with Gasteiger partial charge < -0.3 is 24.5 Å². The Bertz CT molecular complexity index is 669. The van der Waals surface area contributed by atoms with Gasteiger partial charge in [0.15, 0.2) is 0 Å². The number of hydrogen-bond acceptors (Lipinski definition) is 6. The summed E-state index contributed by atoms with van der Waals surface area (Å²) in [5.41, 5.74) is -1.26. The molecule has 1 aromatic rings. The van der Waals surface area contributed by atoms with Gasteiger partial charge in [-0.3, -0.25) is 4.90 Å². The van der Waals surface area contributed by atoms with Crippen molar-refractivity contribution in [2.24, 2.45) is 0 Å². The maximum Gasteiger partial charge on any atom is 0.432 e. The quantitative estimate of drug-likeness (QED) is 0.702. The molecule has 28 heavy (non-hydrogen) atoms. The number of carbonyl (C=O) groups is 1. The van der Waals surface area contributed by atoms with Gasteiger partial charge in [-0.05, 0) is 19.4 Å². The second-order valence-corrected chi connectivity index (χ2v) is 7.22. The van der Waals surface area contributed by atoms with E-state index in [0.29, 0.717) is 32.7 Å². The number of H-pyrrole nitrogens is 1. The van der Waals surface area contributed by atoms with Gasteiger partial charge in [-0.15, -0.1) is 0 Å². The molecule has 2 saturated heterocycles. The summed E-state index contributed by atoms with van der Waals surface area (Å²) < 4.78 is 54.0. The molecule has 3 heterocycles. The minimum atomic E-state index is -4.43. The summed E-state index contributed by atoms with van der Waals surface area (Å²) in [5, 5.41) is 2.79. The van der Waals surface area contributed by atoms with Crippen LogP contribution in [0.3, 0.4) is 0 Å². The molecule has 2 fully saturated rings. The van der Waals surface area contributed by atoms with Gasteiger partial charge in [-0.1, -0.05) is 0 Å². The van der Waals surface area contributed by atoms with Crippen LogP contribution in [0.25, 0.3) is 0 Å². The first kappa shape index (κ1) is 20.9. The highest BCUT2D eigenvalue weighted by Gasteiger charge is 2.44. The van der Waals surface area contributed by atoms with Crippen molar-refractivity contribution in [3.63, 3.8) is 0 Å². The highest BCUT2D eigenvalue weighted by molar-refractivity contribution is 5.67. The molecule has 0 aromatic carbocycles. The number of rotatable bonds is 6. The molecule has 3 rings (SSSR count). The number of piperidine rings is 1. The highest BCUT2D eigenvalue weighted by Crippen LogP contribution is 2.35. The van der Waals surface area contributed by atoms with Gasteiger partial charge in [0.25, 0.3) is 0 Å². The van der Waals surface area contributed by atoms with Crippen LogP contribution in [0.4, 0.5) is 18.0 Å². The van der Waals surface area contributed by atoms with Gasteiger partial charge in [-0.2, -0.15) is 13.2 Å². The predicted molar refractivity (Wildman–Crippen MR) is 91.5 cm³/mol. The van der Waals surface area contributed by atoms with E-state index in [-0.39, 0.29) is 18.5 Å². The van der Waals surface area contributed by atoms with Gasteiger partial charge >= 0.3 is 12.3 Å². The number of hydrogen-bond donors (Lipinski definition) is 2. The van der Waals surface area contributed by atoms with Crippen LogP contribution in [0.5, 0.6) is 0 Å². The fourth-order valence-corrected chi connectivity index (χ4v) is 3.77. The molecular weight excluding hydrogens is 381 g/mol. The first-order valence-corrected chi connectivity index (χ1v) is 9.19. The fourth-order valence-electron chi connectivity index (χ4n) is 3.77. The zero-order chi connectivity index (χ0) is 20.2. The smallest absolute Gasteiger partial charge is 0.432 e. The number of amides is 1. The summed E-state index contributed by atoms with van der Waals surface area (Å²) in [6, 6.07) is -0.157. The second kappa shape index (κ2) is 8.66. The van der Waals surface area contributed by atoms with E-state index < -0.39 is 23.6 Å². The van der Waals surface area contributed by atoms with Crippen LogP contribution in [0.1, 0.15) is 30.8 Å². The molecule has 2 N–H and O–H groups in total. The van der Waals surface area contributed by atoms with Crippen molar-refractivity contribution in [2.75, 3.05) is 40.0 Å². The molecule has 0 radical (unpaired) electrons. The van der Waals surface area contributed by atoms with Crippen molar-refractivity contribution in [3.8, 4) is 0 Å². The van der Waals surface area contributed by atoms with Crippen molar-refractivity contribution in [3.05, 3.63) is 17.7 Å². The molecule has 0 aliphatic carbocycles. The number of methoxy groups -OCH3 is 1. The molecule has 1 aromatic heterocycles. The number of ether oxygens (including phenoxy) is 3. The lowest BCUT2D eigenvalue weighted by Crippen LogP contribution is -2.48. The molecule has 158 valence electrons. The Morgan fingerprint density at radius 2 is 2.32 bits per heavy atom. The average molecular weight is 406 g/mol. The average Bonchev–Trinajstić information content (AvgIpc) is 3.23. The summed E-state index contributed by atoms with van der Waals surface area (Å²) in [6.07, 6.45) is -1.79. The molecule has 0 saturated carbocycles. The van der Waals surface area contributed by atoms with E-state index >= 15 is 0 Å². The van der Waals surface area contributed by atoms with E-state index in [9.17, 15) is 18.0 Å². The van der Waals surface area contributed by atoms with Crippen LogP contribution in [0, 0.1) is 0 Å². The van der Waals surface area contributed by atoms with Crippen LogP contribution in [0.2, 0.25) is 0 Å². The van der Waals surface area contributed by atoms with Crippen LogP contribution in [-0.2, 0) is 26.9 Å². The maximum atomic E-state index is 12.7. The maximum absolute atomic E-state index is 12.7. The van der Waals surface area contributed by atoms with E-state index in [1.165, 1.54) is 7.11 Å². The number of carbonyl (C=O) groups excluding carboxylic acids is 1. The van der Waals surface area contributed by atoms with E-state index in [0.717, 1.165) is 25.6 Å². The van der Waals surface area contributed by atoms with Crippen molar-refractivity contribution in [1.82, 2.24) is 20.2 Å². The standard InChI is InChI=1S/C17H25F3N4O4/c1-26-5-6-27-15(25)22-12-7-16(28-10-12)3-2-4-24(11-16)9-14-21-8-13(23-14)17(18,19)20/h8,12H,2-7,9-11H2,1H3,(H,21,23)(H,22,25). The van der Waals surface area contributed by atoms with E-state index in [2.05, 4.69) is 15.3 Å². The van der Waals surface area contributed by atoms with Crippen LogP contribution in [-0.4, -0.2) is 72.6 Å². The van der Waals surface area contributed by atoms with Crippen LogP contribution >= 0.6 is 0 Å². The molecular formula is C17H25F3N4O4. The Morgan fingerprint density at radius 3 is 3.04 bits per heavy atom. The fraction of sp³-hybridized carbons (Fsp3) is 0.765. The molecule has 2 aliphatic rings. The second-order valence-electron chi connectivity index (χ2n) is 7.22. The van der Waals surface area contributed by atoms with Gasteiger partial charge in [0, 0.05) is 20.1 Å². The molecule has 2 unspecified atom stereocenters. The molecule has 11 heteroatoms. The van der Waals surface area contributed by atoms with Crippen molar-refractivity contribution in [1.29, 1.82) is 0 Å². The predicted octanol–water partition coefficient (Wildman–Crippen LogP) is 1.92. The van der Waals surface area contributed by atoms with Crippen molar-refractivity contribution >= 4 is 6.09 Å². The van der Waals surface area contributed by atoms with Crippen molar-refractivity contribution in [2.45, 2.75) is 43.6 Å². The summed E-state index contributed by atoms with van der Waals surface area (Å²) in [7, 11) is 1.53. The summed E-state index contributed by atoms with van der Waals surface area (Å²) in [6.45, 7) is 2.51. The number of alkyl halides is 3. The number of imidazole rings is 1. The number of alkyl carbamates (subject to hydrolysis) is 1. The molecule has 8 nitrogen and oxygen atoms in total.